The van der Waals surface area contributed by atoms with E-state index in [0.29, 0.717) is 5.92 Å². The first-order chi connectivity index (χ1) is 9.55. The topological polar surface area (TPSA) is 12.4 Å². The Labute approximate surface area is 121 Å². The third kappa shape index (κ3) is 2.40. The van der Waals surface area contributed by atoms with Gasteiger partial charge in [-0.15, -0.1) is 0 Å². The molecule has 1 aliphatic carbocycles. The molecule has 1 aromatic rings. The van der Waals surface area contributed by atoms with Gasteiger partial charge in [0.1, 0.15) is 0 Å². The van der Waals surface area contributed by atoms with E-state index < -0.39 is 0 Å². The highest BCUT2D eigenvalue weighted by molar-refractivity contribution is 6.10. The molecule has 0 saturated carbocycles. The van der Waals surface area contributed by atoms with E-state index >= 15 is 0 Å². The van der Waals surface area contributed by atoms with E-state index in [4.69, 9.17) is 4.99 Å². The van der Waals surface area contributed by atoms with Crippen LogP contribution >= 0.6 is 0 Å². The zero-order valence-corrected chi connectivity index (χ0v) is 12.4. The summed E-state index contributed by atoms with van der Waals surface area (Å²) in [5.41, 5.74) is 3.94. The standard InChI is InChI=1S/C19H21N/c1-19(2,3)16-13-18(14-9-5-4-6-10-14)20-17-12-8-7-11-15(16)17/h4-13,15,17H,1-3H3. The number of dihydropyridines is 1. The van der Waals surface area contributed by atoms with Crippen molar-refractivity contribution in [2.24, 2.45) is 16.3 Å². The van der Waals surface area contributed by atoms with Crippen LogP contribution in [-0.4, -0.2) is 11.8 Å². The van der Waals surface area contributed by atoms with Crippen LogP contribution in [0.25, 0.3) is 0 Å². The zero-order valence-electron chi connectivity index (χ0n) is 12.4. The smallest absolute Gasteiger partial charge is 0.0790 e. The molecule has 1 heteroatoms. The molecule has 1 heterocycles. The van der Waals surface area contributed by atoms with E-state index in [2.05, 4.69) is 75.4 Å². The number of allylic oxidation sites excluding steroid dienone is 3. The van der Waals surface area contributed by atoms with Gasteiger partial charge in [-0.1, -0.05) is 81.0 Å². The maximum atomic E-state index is 4.94. The summed E-state index contributed by atoms with van der Waals surface area (Å²) in [6.45, 7) is 6.86. The van der Waals surface area contributed by atoms with Gasteiger partial charge >= 0.3 is 0 Å². The second-order valence-electron chi connectivity index (χ2n) is 6.52. The highest BCUT2D eigenvalue weighted by Gasteiger charge is 2.32. The molecule has 1 nitrogen and oxygen atoms in total. The van der Waals surface area contributed by atoms with Crippen molar-refractivity contribution in [1.82, 2.24) is 0 Å². The Morgan fingerprint density at radius 2 is 1.65 bits per heavy atom. The lowest BCUT2D eigenvalue weighted by atomic mass is 9.72. The first kappa shape index (κ1) is 13.1. The molecule has 2 aliphatic rings. The van der Waals surface area contributed by atoms with Crippen LogP contribution in [0.4, 0.5) is 0 Å². The van der Waals surface area contributed by atoms with Gasteiger partial charge in [0, 0.05) is 5.92 Å². The first-order valence-electron chi connectivity index (χ1n) is 7.26. The summed E-state index contributed by atoms with van der Waals surface area (Å²) < 4.78 is 0. The minimum Gasteiger partial charge on any atom is -0.276 e. The van der Waals surface area contributed by atoms with E-state index in [-0.39, 0.29) is 11.5 Å². The number of fused-ring (bicyclic) bond motifs is 1. The minimum atomic E-state index is 0.161. The molecule has 0 fully saturated rings. The zero-order chi connectivity index (χ0) is 14.2. The van der Waals surface area contributed by atoms with Crippen molar-refractivity contribution in [2.75, 3.05) is 0 Å². The Morgan fingerprint density at radius 3 is 2.35 bits per heavy atom. The average molecular weight is 263 g/mol. The molecule has 3 rings (SSSR count). The van der Waals surface area contributed by atoms with E-state index in [1.807, 2.05) is 6.07 Å². The van der Waals surface area contributed by atoms with Crippen LogP contribution in [0.15, 0.2) is 71.3 Å². The third-order valence-electron chi connectivity index (χ3n) is 3.98. The molecule has 0 spiro atoms. The van der Waals surface area contributed by atoms with Crippen molar-refractivity contribution in [2.45, 2.75) is 26.8 Å². The van der Waals surface area contributed by atoms with Crippen LogP contribution in [0.2, 0.25) is 0 Å². The van der Waals surface area contributed by atoms with Crippen molar-refractivity contribution < 1.29 is 0 Å². The fraction of sp³-hybridized carbons (Fsp3) is 0.316. The summed E-state index contributed by atoms with van der Waals surface area (Å²) in [6.07, 6.45) is 11.0. The lowest BCUT2D eigenvalue weighted by Crippen LogP contribution is -2.30. The van der Waals surface area contributed by atoms with Crippen molar-refractivity contribution >= 4 is 5.71 Å². The van der Waals surface area contributed by atoms with Crippen LogP contribution in [0.3, 0.4) is 0 Å². The lowest BCUT2D eigenvalue weighted by molar-refractivity contribution is 0.433. The van der Waals surface area contributed by atoms with Crippen LogP contribution in [0, 0.1) is 11.3 Å². The minimum absolute atomic E-state index is 0.161. The molecule has 102 valence electrons. The first-order valence-corrected chi connectivity index (χ1v) is 7.26. The number of nitrogens with zero attached hydrogens (tertiary/aromatic N) is 1. The van der Waals surface area contributed by atoms with Crippen LogP contribution in [0.1, 0.15) is 26.3 Å². The number of hydrogen-bond acceptors (Lipinski definition) is 1. The van der Waals surface area contributed by atoms with Gasteiger partial charge in [-0.25, -0.2) is 0 Å². The van der Waals surface area contributed by atoms with E-state index in [9.17, 15) is 0 Å². The van der Waals surface area contributed by atoms with Gasteiger partial charge in [0.05, 0.1) is 11.8 Å². The van der Waals surface area contributed by atoms with E-state index in [1.54, 1.807) is 0 Å². The Kier molecular flexibility index (Phi) is 3.21. The maximum absolute atomic E-state index is 4.94. The fourth-order valence-corrected chi connectivity index (χ4v) is 2.93. The van der Waals surface area contributed by atoms with Crippen LogP contribution < -0.4 is 0 Å². The fourth-order valence-electron chi connectivity index (χ4n) is 2.93. The van der Waals surface area contributed by atoms with Gasteiger partial charge in [0.25, 0.3) is 0 Å². The van der Waals surface area contributed by atoms with Crippen molar-refractivity contribution in [3.05, 3.63) is 71.8 Å². The second-order valence-corrected chi connectivity index (χ2v) is 6.52. The monoisotopic (exact) mass is 263 g/mol. The Balaban J connectivity index is 2.08. The Bertz CT molecular complexity index is 609. The van der Waals surface area contributed by atoms with Gasteiger partial charge in [-0.3, -0.25) is 4.99 Å². The average Bonchev–Trinajstić information content (AvgIpc) is 2.46. The normalized spacial score (nSPS) is 24.9. The van der Waals surface area contributed by atoms with Crippen molar-refractivity contribution in [3.63, 3.8) is 0 Å². The van der Waals surface area contributed by atoms with E-state index in [1.165, 1.54) is 11.1 Å². The molecule has 0 saturated heterocycles. The van der Waals surface area contributed by atoms with Gasteiger partial charge in [-0.2, -0.15) is 0 Å². The molecule has 20 heavy (non-hydrogen) atoms. The SMILES string of the molecule is CC(C)(C)C1=CC(c2ccccc2)=NC2C=CC=CC12. The van der Waals surface area contributed by atoms with Crippen molar-refractivity contribution in [1.29, 1.82) is 0 Å². The summed E-state index contributed by atoms with van der Waals surface area (Å²) in [4.78, 5) is 4.94. The molecule has 2 atom stereocenters. The number of hydrogen-bond donors (Lipinski definition) is 0. The van der Waals surface area contributed by atoms with Crippen LogP contribution in [-0.2, 0) is 0 Å². The predicted molar refractivity (Wildman–Crippen MR) is 86.1 cm³/mol. The Morgan fingerprint density at radius 1 is 0.950 bits per heavy atom. The summed E-state index contributed by atoms with van der Waals surface area (Å²) >= 11 is 0. The van der Waals surface area contributed by atoms with E-state index in [0.717, 1.165) is 5.71 Å². The molecule has 0 N–H and O–H groups in total. The van der Waals surface area contributed by atoms with Crippen LogP contribution in [0.5, 0.6) is 0 Å². The quantitative estimate of drug-likeness (QED) is 0.703. The highest BCUT2D eigenvalue weighted by Crippen LogP contribution is 2.39. The summed E-state index contributed by atoms with van der Waals surface area (Å²) in [5, 5.41) is 0. The second kappa shape index (κ2) is 4.90. The number of benzene rings is 1. The molecule has 0 bridgehead atoms. The molecular weight excluding hydrogens is 242 g/mol. The highest BCUT2D eigenvalue weighted by atomic mass is 14.8. The summed E-state index contributed by atoms with van der Waals surface area (Å²) in [5.74, 6) is 0.410. The number of aliphatic imine (C=N–C) groups is 1. The summed E-state index contributed by atoms with van der Waals surface area (Å²) in [6, 6.07) is 10.7. The third-order valence-corrected chi connectivity index (χ3v) is 3.98. The lowest BCUT2D eigenvalue weighted by Gasteiger charge is -2.35. The largest absolute Gasteiger partial charge is 0.276 e. The molecule has 2 unspecified atom stereocenters. The molecule has 1 aromatic carbocycles. The molecular formula is C19H21N. The molecule has 1 aliphatic heterocycles. The maximum Gasteiger partial charge on any atom is 0.0790 e. The molecule has 0 amide bonds. The van der Waals surface area contributed by atoms with Crippen molar-refractivity contribution in [3.8, 4) is 0 Å². The molecule has 0 radical (unpaired) electrons. The van der Waals surface area contributed by atoms with Gasteiger partial charge in [0.15, 0.2) is 0 Å². The Hall–Kier alpha value is -1.89. The predicted octanol–water partition coefficient (Wildman–Crippen LogP) is 4.57. The summed E-state index contributed by atoms with van der Waals surface area (Å²) in [7, 11) is 0. The van der Waals surface area contributed by atoms with Gasteiger partial charge in [0.2, 0.25) is 0 Å². The number of rotatable bonds is 1. The van der Waals surface area contributed by atoms with Gasteiger partial charge < -0.3 is 0 Å². The van der Waals surface area contributed by atoms with Gasteiger partial charge in [-0.05, 0) is 17.1 Å². The molecule has 0 aromatic heterocycles.